The molecule has 0 spiro atoms. The topological polar surface area (TPSA) is 84.6 Å². The summed E-state index contributed by atoms with van der Waals surface area (Å²) in [7, 11) is 1.49. The molecule has 0 radical (unpaired) electrons. The third-order valence-electron chi connectivity index (χ3n) is 2.77. The molecule has 1 amide bonds. The Labute approximate surface area is 128 Å². The summed E-state index contributed by atoms with van der Waals surface area (Å²) in [6.45, 7) is 0.326. The third-order valence-corrected chi connectivity index (χ3v) is 3.21. The van der Waals surface area contributed by atoms with E-state index in [2.05, 4.69) is 5.32 Å². The van der Waals surface area contributed by atoms with Crippen LogP contribution in [0, 0.1) is 0 Å². The number of nitrogens with two attached hydrogens (primary N) is 1. The van der Waals surface area contributed by atoms with Gasteiger partial charge in [0.25, 0.3) is 0 Å². The van der Waals surface area contributed by atoms with Crippen molar-refractivity contribution in [1.82, 2.24) is 5.32 Å². The molecular formula is C13H18Cl2N2O3. The summed E-state index contributed by atoms with van der Waals surface area (Å²) in [5, 5.41) is 13.4. The number of aliphatic hydroxyl groups is 1. The average Bonchev–Trinajstić information content (AvgIpc) is 2.41. The number of aliphatic hydroxyl groups excluding tert-OH is 1. The quantitative estimate of drug-likeness (QED) is 0.711. The second kappa shape index (κ2) is 8.44. The van der Waals surface area contributed by atoms with Gasteiger partial charge in [-0.2, -0.15) is 0 Å². The Bertz CT molecular complexity index is 433. The molecular weight excluding hydrogens is 303 g/mol. The molecule has 112 valence electrons. The summed E-state index contributed by atoms with van der Waals surface area (Å²) in [4.78, 5) is 11.6. The molecule has 4 N–H and O–H groups in total. The van der Waals surface area contributed by atoms with Crippen molar-refractivity contribution in [3.05, 3.63) is 33.8 Å². The highest BCUT2D eigenvalue weighted by Crippen LogP contribution is 2.23. The van der Waals surface area contributed by atoms with Crippen molar-refractivity contribution in [2.24, 2.45) is 5.73 Å². The Morgan fingerprint density at radius 2 is 2.00 bits per heavy atom. The lowest BCUT2D eigenvalue weighted by molar-refractivity contribution is -0.123. The van der Waals surface area contributed by atoms with E-state index in [4.69, 9.17) is 33.7 Å². The minimum absolute atomic E-state index is 0.0660. The summed E-state index contributed by atoms with van der Waals surface area (Å²) >= 11 is 11.7. The predicted octanol–water partition coefficient (Wildman–Crippen LogP) is 1.51. The van der Waals surface area contributed by atoms with Gasteiger partial charge in [0, 0.05) is 30.2 Å². The summed E-state index contributed by atoms with van der Waals surface area (Å²) in [5.41, 5.74) is 5.97. The maximum Gasteiger partial charge on any atom is 0.222 e. The smallest absolute Gasteiger partial charge is 0.222 e. The fourth-order valence-electron chi connectivity index (χ4n) is 1.64. The lowest BCUT2D eigenvalue weighted by Crippen LogP contribution is -2.34. The van der Waals surface area contributed by atoms with Gasteiger partial charge in [-0.15, -0.1) is 0 Å². The molecule has 2 atom stereocenters. The number of carbonyl (C=O) groups excluding carboxylic acids is 1. The van der Waals surface area contributed by atoms with Gasteiger partial charge in [-0.05, 0) is 23.8 Å². The van der Waals surface area contributed by atoms with Crippen LogP contribution in [0.4, 0.5) is 0 Å². The number of hydrogen-bond acceptors (Lipinski definition) is 4. The zero-order valence-corrected chi connectivity index (χ0v) is 12.6. The van der Waals surface area contributed by atoms with E-state index in [9.17, 15) is 9.90 Å². The molecule has 0 heterocycles. The van der Waals surface area contributed by atoms with Crippen molar-refractivity contribution in [2.45, 2.75) is 18.6 Å². The summed E-state index contributed by atoms with van der Waals surface area (Å²) in [6, 6.07) is 4.77. The van der Waals surface area contributed by atoms with E-state index >= 15 is 0 Å². The minimum Gasteiger partial charge on any atom is -0.387 e. The molecule has 0 aliphatic rings. The van der Waals surface area contributed by atoms with E-state index in [0.717, 1.165) is 0 Å². The second-order valence-electron chi connectivity index (χ2n) is 4.32. The molecule has 1 aromatic carbocycles. The predicted molar refractivity (Wildman–Crippen MR) is 78.9 cm³/mol. The third kappa shape index (κ3) is 5.64. The Morgan fingerprint density at radius 3 is 2.50 bits per heavy atom. The molecule has 2 unspecified atom stereocenters. The van der Waals surface area contributed by atoms with Crippen molar-refractivity contribution < 1.29 is 14.6 Å². The molecule has 0 saturated heterocycles. The van der Waals surface area contributed by atoms with Crippen LogP contribution in [0.1, 0.15) is 18.1 Å². The maximum absolute atomic E-state index is 11.6. The van der Waals surface area contributed by atoms with Gasteiger partial charge in [0.15, 0.2) is 0 Å². The van der Waals surface area contributed by atoms with Gasteiger partial charge in [0.2, 0.25) is 5.91 Å². The fourth-order valence-corrected chi connectivity index (χ4v) is 2.18. The van der Waals surface area contributed by atoms with Crippen LogP contribution >= 0.6 is 23.2 Å². The normalized spacial score (nSPS) is 13.8. The molecule has 0 aromatic heterocycles. The number of rotatable bonds is 7. The van der Waals surface area contributed by atoms with Crippen molar-refractivity contribution in [3.8, 4) is 0 Å². The highest BCUT2D eigenvalue weighted by atomic mass is 35.5. The standard InChI is InChI=1S/C13H18Cl2N2O3/c1-20-11(6-16)5-13(19)17-7-12(18)8-2-9(14)4-10(15)3-8/h2-4,11-12,18H,5-7,16H2,1H3,(H,17,19). The molecule has 0 aliphatic heterocycles. The molecule has 0 bridgehead atoms. The van der Waals surface area contributed by atoms with E-state index < -0.39 is 6.10 Å². The average molecular weight is 321 g/mol. The Kier molecular flexibility index (Phi) is 7.26. The molecule has 7 heteroatoms. The highest BCUT2D eigenvalue weighted by molar-refractivity contribution is 6.34. The van der Waals surface area contributed by atoms with Crippen molar-refractivity contribution >= 4 is 29.1 Å². The lowest BCUT2D eigenvalue weighted by atomic mass is 10.1. The minimum atomic E-state index is -0.881. The molecule has 0 aliphatic carbocycles. The molecule has 1 rings (SSSR count). The zero-order chi connectivity index (χ0) is 15.1. The van der Waals surface area contributed by atoms with Crippen LogP contribution in [0.25, 0.3) is 0 Å². The van der Waals surface area contributed by atoms with Crippen molar-refractivity contribution in [3.63, 3.8) is 0 Å². The Morgan fingerprint density at radius 1 is 1.40 bits per heavy atom. The largest absolute Gasteiger partial charge is 0.387 e. The molecule has 0 saturated carbocycles. The van der Waals surface area contributed by atoms with Gasteiger partial charge in [0.05, 0.1) is 18.6 Å². The second-order valence-corrected chi connectivity index (χ2v) is 5.19. The summed E-state index contributed by atoms with van der Waals surface area (Å²) < 4.78 is 5.01. The van der Waals surface area contributed by atoms with Crippen LogP contribution in [0.15, 0.2) is 18.2 Å². The first-order chi connectivity index (χ1) is 9.46. The van der Waals surface area contributed by atoms with Gasteiger partial charge < -0.3 is 20.9 Å². The SMILES string of the molecule is COC(CN)CC(=O)NCC(O)c1cc(Cl)cc(Cl)c1. The first kappa shape index (κ1) is 17.2. The summed E-state index contributed by atoms with van der Waals surface area (Å²) in [5.74, 6) is -0.241. The molecule has 5 nitrogen and oxygen atoms in total. The number of carbonyl (C=O) groups is 1. The number of benzene rings is 1. The lowest BCUT2D eigenvalue weighted by Gasteiger charge is -2.15. The first-order valence-corrected chi connectivity index (χ1v) is 6.85. The molecule has 20 heavy (non-hydrogen) atoms. The maximum atomic E-state index is 11.6. The number of nitrogens with one attached hydrogen (secondary N) is 1. The number of methoxy groups -OCH3 is 1. The van der Waals surface area contributed by atoms with Crippen LogP contribution in [-0.4, -0.2) is 37.3 Å². The number of halogens is 2. The van der Waals surface area contributed by atoms with E-state index in [1.54, 1.807) is 18.2 Å². The van der Waals surface area contributed by atoms with Gasteiger partial charge in [-0.25, -0.2) is 0 Å². The van der Waals surface area contributed by atoms with Gasteiger partial charge in [-0.3, -0.25) is 4.79 Å². The van der Waals surface area contributed by atoms with Gasteiger partial charge >= 0.3 is 0 Å². The van der Waals surface area contributed by atoms with E-state index in [1.807, 2.05) is 0 Å². The fraction of sp³-hybridized carbons (Fsp3) is 0.462. The Hall–Kier alpha value is -0.850. The van der Waals surface area contributed by atoms with Crippen LogP contribution < -0.4 is 11.1 Å². The monoisotopic (exact) mass is 320 g/mol. The van der Waals surface area contributed by atoms with Gasteiger partial charge in [-0.1, -0.05) is 23.2 Å². The van der Waals surface area contributed by atoms with Crippen LogP contribution in [-0.2, 0) is 9.53 Å². The first-order valence-electron chi connectivity index (χ1n) is 6.10. The van der Waals surface area contributed by atoms with Crippen LogP contribution in [0.3, 0.4) is 0 Å². The van der Waals surface area contributed by atoms with Crippen LogP contribution in [0.5, 0.6) is 0 Å². The van der Waals surface area contributed by atoms with E-state index in [1.165, 1.54) is 7.11 Å². The number of ether oxygens (including phenoxy) is 1. The van der Waals surface area contributed by atoms with Crippen molar-refractivity contribution in [2.75, 3.05) is 20.2 Å². The van der Waals surface area contributed by atoms with Gasteiger partial charge in [0.1, 0.15) is 0 Å². The Balaban J connectivity index is 2.50. The van der Waals surface area contributed by atoms with E-state index in [-0.39, 0.29) is 31.5 Å². The number of hydrogen-bond donors (Lipinski definition) is 3. The van der Waals surface area contributed by atoms with E-state index in [0.29, 0.717) is 15.6 Å². The zero-order valence-electron chi connectivity index (χ0n) is 11.1. The molecule has 0 fully saturated rings. The number of amides is 1. The highest BCUT2D eigenvalue weighted by Gasteiger charge is 2.14. The van der Waals surface area contributed by atoms with Crippen molar-refractivity contribution in [1.29, 1.82) is 0 Å². The molecule has 1 aromatic rings. The summed E-state index contributed by atoms with van der Waals surface area (Å²) in [6.07, 6.45) is -1.06. The van der Waals surface area contributed by atoms with Crippen LogP contribution in [0.2, 0.25) is 10.0 Å².